The second kappa shape index (κ2) is 2.17. The highest BCUT2D eigenvalue weighted by atomic mass is 14.7. The molecule has 0 heterocycles. The summed E-state index contributed by atoms with van der Waals surface area (Å²) >= 11 is 0. The van der Waals surface area contributed by atoms with Gasteiger partial charge < -0.3 is 0 Å². The standard InChI is InChI=1S/C15H22/c1-3-14-7-10(1)5-12(14)13-6-11-2-4-15(13,8-11)9-14/h10-13H,1-9H2. The van der Waals surface area contributed by atoms with Crippen LogP contribution in [0.25, 0.3) is 0 Å². The summed E-state index contributed by atoms with van der Waals surface area (Å²) in [5.74, 6) is 4.76. The SMILES string of the molecule is C1CC23CC1CC2C1CC2CCC1(C2)C3. The average Bonchev–Trinajstić information content (AvgIpc) is 2.92. The molecule has 5 fully saturated rings. The molecule has 0 amide bonds. The van der Waals surface area contributed by atoms with Crippen molar-refractivity contribution in [2.45, 2.75) is 57.8 Å². The van der Waals surface area contributed by atoms with Gasteiger partial charge in [-0.1, -0.05) is 0 Å². The molecule has 15 heavy (non-hydrogen) atoms. The van der Waals surface area contributed by atoms with Crippen molar-refractivity contribution in [1.82, 2.24) is 0 Å². The third-order valence-electron chi connectivity index (χ3n) is 7.43. The van der Waals surface area contributed by atoms with Crippen LogP contribution < -0.4 is 0 Å². The predicted octanol–water partition coefficient (Wildman–Crippen LogP) is 4.00. The lowest BCUT2D eigenvalue weighted by Crippen LogP contribution is -2.25. The van der Waals surface area contributed by atoms with Crippen molar-refractivity contribution in [3.05, 3.63) is 0 Å². The van der Waals surface area contributed by atoms with Crippen molar-refractivity contribution in [2.75, 3.05) is 0 Å². The van der Waals surface area contributed by atoms with Crippen LogP contribution >= 0.6 is 0 Å². The van der Waals surface area contributed by atoms with Gasteiger partial charge in [-0.2, -0.15) is 0 Å². The van der Waals surface area contributed by atoms with Gasteiger partial charge in [0.1, 0.15) is 0 Å². The Morgan fingerprint density at radius 3 is 1.73 bits per heavy atom. The maximum absolute atomic E-state index is 1.68. The fraction of sp³-hybridized carbons (Fsp3) is 1.00. The lowest BCUT2D eigenvalue weighted by Gasteiger charge is -2.33. The van der Waals surface area contributed by atoms with Gasteiger partial charge in [0.15, 0.2) is 0 Å². The Morgan fingerprint density at radius 2 is 1.27 bits per heavy atom. The van der Waals surface area contributed by atoms with E-state index in [0.717, 1.165) is 10.8 Å². The molecular weight excluding hydrogens is 180 g/mol. The van der Waals surface area contributed by atoms with Gasteiger partial charge in [0.05, 0.1) is 0 Å². The zero-order valence-corrected chi connectivity index (χ0v) is 9.67. The van der Waals surface area contributed by atoms with Crippen molar-refractivity contribution >= 4 is 0 Å². The van der Waals surface area contributed by atoms with Gasteiger partial charge in [0.25, 0.3) is 0 Å². The van der Waals surface area contributed by atoms with E-state index in [1.54, 1.807) is 57.8 Å². The molecule has 5 rings (SSSR count). The molecule has 6 atom stereocenters. The van der Waals surface area contributed by atoms with Gasteiger partial charge in [0, 0.05) is 0 Å². The normalized spacial score (nSPS) is 68.8. The van der Waals surface area contributed by atoms with Crippen LogP contribution in [0.1, 0.15) is 57.8 Å². The van der Waals surface area contributed by atoms with E-state index in [-0.39, 0.29) is 0 Å². The van der Waals surface area contributed by atoms with Crippen molar-refractivity contribution in [3.63, 3.8) is 0 Å². The van der Waals surface area contributed by atoms with Crippen LogP contribution in [0.5, 0.6) is 0 Å². The summed E-state index contributed by atoms with van der Waals surface area (Å²) in [6.45, 7) is 0. The third-order valence-corrected chi connectivity index (χ3v) is 7.43. The number of hydrogen-bond acceptors (Lipinski definition) is 0. The van der Waals surface area contributed by atoms with Crippen LogP contribution in [0.3, 0.4) is 0 Å². The number of fused-ring (bicyclic) bond motifs is 3. The topological polar surface area (TPSA) is 0 Å². The molecule has 6 unspecified atom stereocenters. The Bertz CT molecular complexity index is 301. The van der Waals surface area contributed by atoms with E-state index < -0.39 is 0 Å². The Morgan fingerprint density at radius 1 is 0.733 bits per heavy atom. The highest BCUT2D eigenvalue weighted by molar-refractivity contribution is 5.18. The van der Waals surface area contributed by atoms with Crippen molar-refractivity contribution in [2.24, 2.45) is 34.5 Å². The summed E-state index contributed by atoms with van der Waals surface area (Å²) in [6.07, 6.45) is 14.8. The van der Waals surface area contributed by atoms with E-state index in [2.05, 4.69) is 0 Å². The second-order valence-electron chi connectivity index (χ2n) is 7.80. The van der Waals surface area contributed by atoms with Crippen LogP contribution in [-0.2, 0) is 0 Å². The fourth-order valence-electron chi connectivity index (χ4n) is 7.30. The second-order valence-corrected chi connectivity index (χ2v) is 7.80. The first-order valence-electron chi connectivity index (χ1n) is 7.30. The van der Waals surface area contributed by atoms with Gasteiger partial charge in [-0.25, -0.2) is 0 Å². The third kappa shape index (κ3) is 0.746. The maximum Gasteiger partial charge on any atom is -0.0258 e. The first kappa shape index (κ1) is 8.14. The molecule has 0 aromatic carbocycles. The quantitative estimate of drug-likeness (QED) is 0.557. The zero-order chi connectivity index (χ0) is 9.67. The Balaban J connectivity index is 1.63. The summed E-state index contributed by atoms with van der Waals surface area (Å²) in [5, 5.41) is 0. The minimum absolute atomic E-state index is 0.907. The fourth-order valence-corrected chi connectivity index (χ4v) is 7.30. The molecule has 5 aliphatic rings. The Labute approximate surface area is 92.8 Å². The molecule has 0 aromatic rings. The maximum atomic E-state index is 1.68. The molecule has 0 nitrogen and oxygen atoms in total. The molecule has 0 aromatic heterocycles. The van der Waals surface area contributed by atoms with Crippen LogP contribution in [-0.4, -0.2) is 0 Å². The Hall–Kier alpha value is 0. The van der Waals surface area contributed by atoms with Gasteiger partial charge in [-0.05, 0) is 92.3 Å². The highest BCUT2D eigenvalue weighted by Gasteiger charge is 2.69. The van der Waals surface area contributed by atoms with E-state index >= 15 is 0 Å². The minimum Gasteiger partial charge on any atom is -0.0499 e. The average molecular weight is 202 g/mol. The lowest BCUT2D eigenvalue weighted by molar-refractivity contribution is 0.164. The lowest BCUT2D eigenvalue weighted by atomic mass is 9.72. The van der Waals surface area contributed by atoms with Crippen LogP contribution in [0.4, 0.5) is 0 Å². The Kier molecular flexibility index (Phi) is 1.18. The molecule has 2 spiro atoms. The molecule has 0 N–H and O–H groups in total. The van der Waals surface area contributed by atoms with Gasteiger partial charge in [-0.15, -0.1) is 0 Å². The van der Waals surface area contributed by atoms with Gasteiger partial charge in [0.2, 0.25) is 0 Å². The smallest absolute Gasteiger partial charge is 0.0258 e. The van der Waals surface area contributed by atoms with Crippen LogP contribution in [0, 0.1) is 34.5 Å². The molecule has 4 bridgehead atoms. The van der Waals surface area contributed by atoms with Crippen LogP contribution in [0.15, 0.2) is 0 Å². The molecule has 0 saturated heterocycles. The summed E-state index contributed by atoms with van der Waals surface area (Å²) in [6, 6.07) is 0. The summed E-state index contributed by atoms with van der Waals surface area (Å²) in [7, 11) is 0. The molecule has 5 saturated carbocycles. The first-order valence-corrected chi connectivity index (χ1v) is 7.30. The molecule has 0 radical (unpaired) electrons. The molecule has 5 aliphatic carbocycles. The molecule has 82 valence electrons. The highest BCUT2D eigenvalue weighted by Crippen LogP contribution is 2.78. The van der Waals surface area contributed by atoms with E-state index in [9.17, 15) is 0 Å². The number of rotatable bonds is 0. The van der Waals surface area contributed by atoms with Gasteiger partial charge in [-0.3, -0.25) is 0 Å². The summed E-state index contributed by atoms with van der Waals surface area (Å²) in [4.78, 5) is 0. The largest absolute Gasteiger partial charge is 0.0499 e. The number of hydrogen-bond donors (Lipinski definition) is 0. The van der Waals surface area contributed by atoms with Crippen molar-refractivity contribution < 1.29 is 0 Å². The van der Waals surface area contributed by atoms with Crippen molar-refractivity contribution in [3.8, 4) is 0 Å². The summed E-state index contributed by atoms with van der Waals surface area (Å²) < 4.78 is 0. The van der Waals surface area contributed by atoms with E-state index in [1.807, 2.05) is 0 Å². The van der Waals surface area contributed by atoms with E-state index in [1.165, 1.54) is 23.7 Å². The first-order chi connectivity index (χ1) is 7.30. The monoisotopic (exact) mass is 202 g/mol. The molecule has 0 aliphatic heterocycles. The van der Waals surface area contributed by atoms with Crippen molar-refractivity contribution in [1.29, 1.82) is 0 Å². The van der Waals surface area contributed by atoms with E-state index in [0.29, 0.717) is 0 Å². The minimum atomic E-state index is 0.907. The molecule has 0 heteroatoms. The van der Waals surface area contributed by atoms with E-state index in [4.69, 9.17) is 0 Å². The van der Waals surface area contributed by atoms with Crippen LogP contribution in [0.2, 0.25) is 0 Å². The van der Waals surface area contributed by atoms with Gasteiger partial charge >= 0.3 is 0 Å². The summed E-state index contributed by atoms with van der Waals surface area (Å²) in [5.41, 5.74) is 1.81. The predicted molar refractivity (Wildman–Crippen MR) is 60.4 cm³/mol. The molecular formula is C15H22. The zero-order valence-electron chi connectivity index (χ0n) is 9.67.